The van der Waals surface area contributed by atoms with Crippen molar-refractivity contribution in [3.8, 4) is 0 Å². The fourth-order valence-corrected chi connectivity index (χ4v) is 6.10. The summed E-state index contributed by atoms with van der Waals surface area (Å²) < 4.78 is 28.9. The van der Waals surface area contributed by atoms with Crippen LogP contribution in [0.2, 0.25) is 0 Å². The van der Waals surface area contributed by atoms with E-state index in [-0.39, 0.29) is 0 Å². The van der Waals surface area contributed by atoms with Crippen molar-refractivity contribution in [1.82, 2.24) is 0 Å². The second-order valence-corrected chi connectivity index (χ2v) is 9.24. The molecule has 0 atom stereocenters. The van der Waals surface area contributed by atoms with E-state index in [2.05, 4.69) is 24.9 Å². The number of hydrogen-bond donors (Lipinski definition) is 0. The lowest BCUT2D eigenvalue weighted by atomic mass is 10.1. The van der Waals surface area contributed by atoms with E-state index in [4.69, 9.17) is 0 Å². The van der Waals surface area contributed by atoms with Gasteiger partial charge in [0.25, 0.3) is 0 Å². The maximum absolute atomic E-state index is 12.4. The smallest absolute Gasteiger partial charge is 0.196 e. The van der Waals surface area contributed by atoms with E-state index in [0.29, 0.717) is 4.90 Å². The summed E-state index contributed by atoms with van der Waals surface area (Å²) in [6.07, 6.45) is 7.06. The van der Waals surface area contributed by atoms with Gasteiger partial charge in [-0.3, -0.25) is 0 Å². The van der Waals surface area contributed by atoms with Gasteiger partial charge >= 0.3 is 10.0 Å². The Morgan fingerprint density at radius 1 is 0.952 bits per heavy atom. The Morgan fingerprint density at radius 3 is 2.00 bits per heavy atom. The van der Waals surface area contributed by atoms with Crippen LogP contribution in [0.3, 0.4) is 0 Å². The number of rotatable bonds is 9. The van der Waals surface area contributed by atoms with Crippen LogP contribution in [0.5, 0.6) is 0 Å². The Labute approximate surface area is 130 Å². The molecule has 1 aromatic carbocycles. The van der Waals surface area contributed by atoms with Crippen molar-refractivity contribution in [2.45, 2.75) is 57.8 Å². The van der Waals surface area contributed by atoms with Crippen LogP contribution in [0, 0.1) is 0 Å². The minimum Gasteiger partial charge on any atom is -0.196 e. The molecule has 0 unspecified atom stereocenters. The van der Waals surface area contributed by atoms with E-state index >= 15 is 0 Å². The number of unbranched alkanes of at least 4 members (excludes halogenated alkanes) is 1. The van der Waals surface area contributed by atoms with Gasteiger partial charge in [-0.25, -0.2) is 0 Å². The Bertz CT molecular complexity index is 542. The van der Waals surface area contributed by atoms with Crippen LogP contribution in [0.4, 0.5) is 0 Å². The lowest BCUT2D eigenvalue weighted by Gasteiger charge is -2.01. The van der Waals surface area contributed by atoms with E-state index < -0.39 is 17.7 Å². The van der Waals surface area contributed by atoms with Crippen molar-refractivity contribution in [2.24, 2.45) is 4.15 Å². The number of hydrogen-bond acceptors (Lipinski definition) is 2. The molecule has 0 aromatic heterocycles. The molecule has 1 rings (SSSR count). The van der Waals surface area contributed by atoms with Crippen LogP contribution in [0.15, 0.2) is 33.3 Å². The Balaban J connectivity index is 2.93. The van der Waals surface area contributed by atoms with Crippen molar-refractivity contribution >= 4 is 17.7 Å². The first-order valence-electron chi connectivity index (χ1n) is 7.85. The molecule has 0 bridgehead atoms. The molecule has 0 N–H and O–H groups in total. The SMILES string of the molecule is CCCCc1ccc(S(=O)(=O)N=[P+](CCC)CCC)cc1. The van der Waals surface area contributed by atoms with Crippen LogP contribution in [-0.2, 0) is 16.4 Å². The third kappa shape index (κ3) is 6.27. The fourth-order valence-electron chi connectivity index (χ4n) is 2.12. The number of aryl methyl sites for hydroxylation is 1. The number of nitrogens with zero attached hydrogens (tertiary/aromatic N) is 1. The number of sulfonamides is 1. The molecule has 0 aliphatic rings. The zero-order chi connectivity index (χ0) is 15.7. The van der Waals surface area contributed by atoms with E-state index in [1.165, 1.54) is 5.56 Å². The normalized spacial score (nSPS) is 11.4. The first-order chi connectivity index (χ1) is 10.0. The summed E-state index contributed by atoms with van der Waals surface area (Å²) in [5, 5.41) is 0. The molecular weight excluding hydrogens is 301 g/mol. The third-order valence-corrected chi connectivity index (χ3v) is 7.81. The molecule has 1 aromatic rings. The van der Waals surface area contributed by atoms with E-state index in [9.17, 15) is 8.42 Å². The molecule has 0 amide bonds. The van der Waals surface area contributed by atoms with Crippen LogP contribution in [-0.4, -0.2) is 20.7 Å². The highest BCUT2D eigenvalue weighted by Crippen LogP contribution is 2.31. The van der Waals surface area contributed by atoms with Gasteiger partial charge in [-0.2, -0.15) is 8.42 Å². The van der Waals surface area contributed by atoms with Crippen molar-refractivity contribution in [3.05, 3.63) is 29.8 Å². The summed E-state index contributed by atoms with van der Waals surface area (Å²) in [5.41, 5.74) is 1.19. The molecule has 0 spiro atoms. The topological polar surface area (TPSA) is 46.5 Å². The second-order valence-electron chi connectivity index (χ2n) is 5.26. The molecule has 0 fully saturated rings. The predicted octanol–water partition coefficient (Wildman–Crippen LogP) is 5.20. The summed E-state index contributed by atoms with van der Waals surface area (Å²) in [7, 11) is -4.24. The van der Waals surface area contributed by atoms with Gasteiger partial charge in [0.15, 0.2) is 0 Å². The molecule has 0 radical (unpaired) electrons. The van der Waals surface area contributed by atoms with Gasteiger partial charge in [0.1, 0.15) is 12.3 Å². The van der Waals surface area contributed by atoms with Gasteiger partial charge in [0, 0.05) is 4.15 Å². The first-order valence-corrected chi connectivity index (χ1v) is 11.0. The molecule has 0 aliphatic carbocycles. The Kier molecular flexibility index (Phi) is 8.13. The quantitative estimate of drug-likeness (QED) is 0.585. The fraction of sp³-hybridized carbons (Fsp3) is 0.625. The van der Waals surface area contributed by atoms with Crippen molar-refractivity contribution in [2.75, 3.05) is 12.3 Å². The van der Waals surface area contributed by atoms with Crippen molar-refractivity contribution in [1.29, 1.82) is 0 Å². The Morgan fingerprint density at radius 2 is 1.52 bits per heavy atom. The van der Waals surface area contributed by atoms with Gasteiger partial charge in [0.2, 0.25) is 7.71 Å². The molecule has 0 saturated heterocycles. The molecule has 5 heteroatoms. The standard InChI is InChI=1S/C16H27NO2PS/c1-4-7-8-15-9-11-16(12-10-15)21(18,19)17-20(13-5-2)14-6-3/h9-12H,4-8,13-14H2,1-3H3/q+1. The largest absolute Gasteiger partial charge is 0.316 e. The highest BCUT2D eigenvalue weighted by atomic mass is 32.2. The zero-order valence-electron chi connectivity index (χ0n) is 13.4. The molecule has 0 saturated carbocycles. The summed E-state index contributed by atoms with van der Waals surface area (Å²) in [4.78, 5) is 0.336. The summed E-state index contributed by atoms with van der Waals surface area (Å²) in [6.45, 7) is 6.31. The van der Waals surface area contributed by atoms with Crippen molar-refractivity contribution in [3.63, 3.8) is 0 Å². The van der Waals surface area contributed by atoms with E-state index in [0.717, 1.165) is 44.4 Å². The van der Waals surface area contributed by atoms with Gasteiger partial charge in [-0.05, 0) is 43.4 Å². The monoisotopic (exact) mass is 328 g/mol. The molecule has 0 heterocycles. The second kappa shape index (κ2) is 9.32. The number of benzene rings is 1. The third-order valence-electron chi connectivity index (χ3n) is 3.23. The molecule has 21 heavy (non-hydrogen) atoms. The van der Waals surface area contributed by atoms with E-state index in [1.807, 2.05) is 12.1 Å². The average Bonchev–Trinajstić information content (AvgIpc) is 2.46. The summed E-state index contributed by atoms with van der Waals surface area (Å²) in [5.74, 6) is 0. The molecule has 0 aliphatic heterocycles. The highest BCUT2D eigenvalue weighted by Gasteiger charge is 2.20. The van der Waals surface area contributed by atoms with Gasteiger partial charge in [-0.15, -0.1) is 0 Å². The molecule has 118 valence electrons. The maximum Gasteiger partial charge on any atom is 0.316 e. The highest BCUT2D eigenvalue weighted by molar-refractivity contribution is 7.92. The first kappa shape index (κ1) is 18.3. The molecular formula is C16H27NO2PS+. The Hall–Kier alpha value is -0.730. The van der Waals surface area contributed by atoms with E-state index in [1.54, 1.807) is 12.1 Å². The van der Waals surface area contributed by atoms with Crippen molar-refractivity contribution < 1.29 is 8.42 Å². The summed E-state index contributed by atoms with van der Waals surface area (Å²) >= 11 is 0. The zero-order valence-corrected chi connectivity index (χ0v) is 15.1. The van der Waals surface area contributed by atoms with Gasteiger partial charge in [-0.1, -0.05) is 39.3 Å². The maximum atomic E-state index is 12.4. The lowest BCUT2D eigenvalue weighted by Crippen LogP contribution is -1.97. The van der Waals surface area contributed by atoms with Crippen LogP contribution >= 0.6 is 7.71 Å². The minimum atomic E-state index is -3.49. The predicted molar refractivity (Wildman–Crippen MR) is 91.9 cm³/mol. The molecule has 3 nitrogen and oxygen atoms in total. The van der Waals surface area contributed by atoms with Gasteiger partial charge < -0.3 is 0 Å². The average molecular weight is 328 g/mol. The summed E-state index contributed by atoms with van der Waals surface area (Å²) in [6, 6.07) is 7.24. The lowest BCUT2D eigenvalue weighted by molar-refractivity contribution is 0.598. The minimum absolute atomic E-state index is 0.336. The van der Waals surface area contributed by atoms with Crippen LogP contribution < -0.4 is 0 Å². The van der Waals surface area contributed by atoms with Crippen LogP contribution in [0.25, 0.3) is 0 Å². The van der Waals surface area contributed by atoms with Gasteiger partial charge in [0.05, 0.1) is 4.90 Å². The van der Waals surface area contributed by atoms with Crippen LogP contribution in [0.1, 0.15) is 52.0 Å².